The Morgan fingerprint density at radius 1 is 0.912 bits per heavy atom. The minimum atomic E-state index is -0.0877. The molecule has 0 atom stereocenters. The lowest BCUT2D eigenvalue weighted by atomic mass is 10.1. The van der Waals surface area contributed by atoms with Gasteiger partial charge in [0.15, 0.2) is 0 Å². The highest BCUT2D eigenvalue weighted by Crippen LogP contribution is 2.23. The Morgan fingerprint density at radius 3 is 2.41 bits per heavy atom. The number of rotatable bonds is 7. The molecule has 2 heterocycles. The van der Waals surface area contributed by atoms with Crippen molar-refractivity contribution in [3.63, 3.8) is 0 Å². The van der Waals surface area contributed by atoms with Gasteiger partial charge < -0.3 is 10.1 Å². The Hall–Kier alpha value is -3.74. The molecular weight excluding hydrogens is 424 g/mol. The van der Waals surface area contributed by atoms with Crippen LogP contribution in [-0.4, -0.2) is 46.9 Å². The second-order valence-corrected chi connectivity index (χ2v) is 8.42. The summed E-state index contributed by atoms with van der Waals surface area (Å²) in [4.78, 5) is 15.4. The predicted octanol–water partition coefficient (Wildman–Crippen LogP) is 4.30. The molecule has 0 saturated carbocycles. The molecule has 0 spiro atoms. The van der Waals surface area contributed by atoms with Crippen molar-refractivity contribution in [3.8, 4) is 16.9 Å². The maximum absolute atomic E-state index is 13.0. The van der Waals surface area contributed by atoms with Crippen LogP contribution >= 0.6 is 0 Å². The summed E-state index contributed by atoms with van der Waals surface area (Å²) in [5, 5.41) is 7.93. The molecule has 172 valence electrons. The van der Waals surface area contributed by atoms with Crippen LogP contribution in [0.25, 0.3) is 16.9 Å². The van der Waals surface area contributed by atoms with Gasteiger partial charge in [-0.15, -0.1) is 0 Å². The molecule has 1 saturated heterocycles. The molecule has 4 aromatic rings. The number of hydrogen-bond donors (Lipinski definition) is 1. The molecule has 1 aliphatic heterocycles. The fourth-order valence-electron chi connectivity index (χ4n) is 4.20. The molecule has 0 unspecified atom stereocenters. The average Bonchev–Trinajstić information content (AvgIpc) is 3.33. The number of carbonyl (C=O) groups excluding carboxylic acids is 1. The zero-order valence-electron chi connectivity index (χ0n) is 19.1. The SMILES string of the molecule is O=C(NCc1cn(-c2ccccc2)nc1-c1ccccc1)c1cccc(CN2CCOCC2)c1. The number of para-hydroxylation sites is 1. The first-order valence-corrected chi connectivity index (χ1v) is 11.6. The highest BCUT2D eigenvalue weighted by atomic mass is 16.5. The molecule has 0 aliphatic carbocycles. The molecule has 0 radical (unpaired) electrons. The number of morpholine rings is 1. The largest absolute Gasteiger partial charge is 0.379 e. The van der Waals surface area contributed by atoms with Crippen LogP contribution in [0.2, 0.25) is 0 Å². The third kappa shape index (κ3) is 5.25. The van der Waals surface area contributed by atoms with Gasteiger partial charge in [0.1, 0.15) is 0 Å². The van der Waals surface area contributed by atoms with Gasteiger partial charge in [0.25, 0.3) is 5.91 Å². The van der Waals surface area contributed by atoms with Gasteiger partial charge in [-0.05, 0) is 29.8 Å². The second kappa shape index (κ2) is 10.5. The second-order valence-electron chi connectivity index (χ2n) is 8.42. The number of aromatic nitrogens is 2. The summed E-state index contributed by atoms with van der Waals surface area (Å²) in [6.07, 6.45) is 1.99. The van der Waals surface area contributed by atoms with Gasteiger partial charge in [-0.25, -0.2) is 4.68 Å². The molecule has 1 N–H and O–H groups in total. The van der Waals surface area contributed by atoms with Crippen LogP contribution in [0.3, 0.4) is 0 Å². The van der Waals surface area contributed by atoms with Crippen LogP contribution in [0, 0.1) is 0 Å². The lowest BCUT2D eigenvalue weighted by molar-refractivity contribution is 0.0342. The minimum absolute atomic E-state index is 0.0877. The normalized spacial score (nSPS) is 14.1. The van der Waals surface area contributed by atoms with E-state index in [0.717, 1.165) is 60.9 Å². The highest BCUT2D eigenvalue weighted by molar-refractivity contribution is 5.94. The maximum atomic E-state index is 13.0. The van der Waals surface area contributed by atoms with E-state index in [1.807, 2.05) is 89.7 Å². The molecule has 3 aromatic carbocycles. The molecule has 1 amide bonds. The van der Waals surface area contributed by atoms with E-state index >= 15 is 0 Å². The Bertz CT molecular complexity index is 1230. The Labute approximate surface area is 199 Å². The number of carbonyl (C=O) groups is 1. The molecule has 6 nitrogen and oxygen atoms in total. The molecule has 6 heteroatoms. The summed E-state index contributed by atoms with van der Waals surface area (Å²) < 4.78 is 7.30. The first kappa shape index (κ1) is 22.1. The van der Waals surface area contributed by atoms with Crippen LogP contribution in [0.1, 0.15) is 21.5 Å². The predicted molar refractivity (Wildman–Crippen MR) is 133 cm³/mol. The monoisotopic (exact) mass is 452 g/mol. The van der Waals surface area contributed by atoms with Crippen LogP contribution in [0.5, 0.6) is 0 Å². The van der Waals surface area contributed by atoms with Crippen molar-refractivity contribution in [2.45, 2.75) is 13.1 Å². The summed E-state index contributed by atoms with van der Waals surface area (Å²) in [5.41, 5.74) is 5.64. The van der Waals surface area contributed by atoms with Crippen molar-refractivity contribution in [1.29, 1.82) is 0 Å². The van der Waals surface area contributed by atoms with Crippen LogP contribution in [-0.2, 0) is 17.8 Å². The molecular formula is C28H28N4O2. The summed E-state index contributed by atoms with van der Waals surface area (Å²) in [6.45, 7) is 4.59. The lowest BCUT2D eigenvalue weighted by Crippen LogP contribution is -2.35. The summed E-state index contributed by atoms with van der Waals surface area (Å²) in [5.74, 6) is -0.0877. The topological polar surface area (TPSA) is 59.4 Å². The Morgan fingerprint density at radius 2 is 1.65 bits per heavy atom. The minimum Gasteiger partial charge on any atom is -0.379 e. The van der Waals surface area contributed by atoms with Crippen molar-refractivity contribution in [2.75, 3.05) is 26.3 Å². The third-order valence-corrected chi connectivity index (χ3v) is 6.00. The lowest BCUT2D eigenvalue weighted by Gasteiger charge is -2.26. The van der Waals surface area contributed by atoms with Gasteiger partial charge in [0.2, 0.25) is 0 Å². The van der Waals surface area contributed by atoms with Gasteiger partial charge >= 0.3 is 0 Å². The number of nitrogens with zero attached hydrogens (tertiary/aromatic N) is 3. The summed E-state index contributed by atoms with van der Waals surface area (Å²) in [7, 11) is 0. The van der Waals surface area contributed by atoms with E-state index in [0.29, 0.717) is 12.1 Å². The van der Waals surface area contributed by atoms with Crippen LogP contribution in [0.15, 0.2) is 91.1 Å². The zero-order valence-corrected chi connectivity index (χ0v) is 19.1. The van der Waals surface area contributed by atoms with E-state index in [4.69, 9.17) is 9.84 Å². The van der Waals surface area contributed by atoms with E-state index in [9.17, 15) is 4.79 Å². The van der Waals surface area contributed by atoms with E-state index in [1.165, 1.54) is 0 Å². The molecule has 1 aromatic heterocycles. The Balaban J connectivity index is 1.33. The van der Waals surface area contributed by atoms with Gasteiger partial charge in [-0.1, -0.05) is 60.7 Å². The third-order valence-electron chi connectivity index (χ3n) is 6.00. The average molecular weight is 453 g/mol. The molecule has 0 bridgehead atoms. The summed E-state index contributed by atoms with van der Waals surface area (Å²) >= 11 is 0. The Kier molecular flexibility index (Phi) is 6.79. The number of hydrogen-bond acceptors (Lipinski definition) is 4. The molecule has 1 fully saturated rings. The first-order valence-electron chi connectivity index (χ1n) is 11.6. The van der Waals surface area contributed by atoms with Crippen molar-refractivity contribution in [1.82, 2.24) is 20.0 Å². The van der Waals surface area contributed by atoms with Gasteiger partial charge in [0.05, 0.1) is 24.6 Å². The van der Waals surface area contributed by atoms with Gasteiger partial charge in [-0.3, -0.25) is 9.69 Å². The van der Waals surface area contributed by atoms with Crippen molar-refractivity contribution >= 4 is 5.91 Å². The fraction of sp³-hybridized carbons (Fsp3) is 0.214. The maximum Gasteiger partial charge on any atom is 0.251 e. The number of nitrogens with one attached hydrogen (secondary N) is 1. The standard InChI is InChI=1S/C28H28N4O2/c33-28(24-11-7-8-22(18-24)20-31-14-16-34-17-15-31)29-19-25-21-32(26-12-5-2-6-13-26)30-27(25)23-9-3-1-4-10-23/h1-13,18,21H,14-17,19-20H2,(H,29,33). The molecule has 34 heavy (non-hydrogen) atoms. The van der Waals surface area contributed by atoms with Gasteiger partial charge in [0, 0.05) is 49.1 Å². The van der Waals surface area contributed by atoms with E-state index in [1.54, 1.807) is 0 Å². The zero-order chi connectivity index (χ0) is 23.2. The van der Waals surface area contributed by atoms with Gasteiger partial charge in [-0.2, -0.15) is 5.10 Å². The van der Waals surface area contributed by atoms with E-state index < -0.39 is 0 Å². The van der Waals surface area contributed by atoms with E-state index in [2.05, 4.69) is 16.3 Å². The smallest absolute Gasteiger partial charge is 0.251 e. The quantitative estimate of drug-likeness (QED) is 0.454. The molecule has 5 rings (SSSR count). The molecule has 1 aliphatic rings. The highest BCUT2D eigenvalue weighted by Gasteiger charge is 2.15. The summed E-state index contributed by atoms with van der Waals surface area (Å²) in [6, 6.07) is 27.9. The number of amides is 1. The van der Waals surface area contributed by atoms with Crippen molar-refractivity contribution in [3.05, 3.63) is 108 Å². The van der Waals surface area contributed by atoms with E-state index in [-0.39, 0.29) is 5.91 Å². The number of benzene rings is 3. The van der Waals surface area contributed by atoms with Crippen LogP contribution in [0.4, 0.5) is 0 Å². The van der Waals surface area contributed by atoms with Crippen LogP contribution < -0.4 is 5.32 Å². The number of ether oxygens (including phenoxy) is 1. The fourth-order valence-corrected chi connectivity index (χ4v) is 4.20. The van der Waals surface area contributed by atoms with Crippen molar-refractivity contribution < 1.29 is 9.53 Å². The first-order chi connectivity index (χ1) is 16.8. The van der Waals surface area contributed by atoms with Crippen molar-refractivity contribution in [2.24, 2.45) is 0 Å².